The summed E-state index contributed by atoms with van der Waals surface area (Å²) >= 11 is 0. The lowest BCUT2D eigenvalue weighted by Gasteiger charge is -2.20. The molecule has 0 bridgehead atoms. The van der Waals surface area contributed by atoms with Gasteiger partial charge in [0.15, 0.2) is 0 Å². The van der Waals surface area contributed by atoms with Crippen molar-refractivity contribution in [3.8, 4) is 0 Å². The van der Waals surface area contributed by atoms with Crippen LogP contribution in [0.2, 0.25) is 0 Å². The molecule has 1 aliphatic carbocycles. The Bertz CT molecular complexity index is 644. The molecule has 0 saturated heterocycles. The van der Waals surface area contributed by atoms with E-state index in [1.807, 2.05) is 19.9 Å². The van der Waals surface area contributed by atoms with Crippen LogP contribution in [0.1, 0.15) is 23.8 Å². The molecular weight excluding hydrogens is 252 g/mol. The number of oxazole rings is 1. The summed E-state index contributed by atoms with van der Waals surface area (Å²) in [7, 11) is 0. The molecule has 0 atom stereocenters. The Morgan fingerprint density at radius 1 is 1.40 bits per heavy atom. The predicted molar refractivity (Wildman–Crippen MR) is 78.1 cm³/mol. The van der Waals surface area contributed by atoms with Crippen molar-refractivity contribution >= 4 is 11.7 Å². The third kappa shape index (κ3) is 2.54. The molecule has 0 fully saturated rings. The van der Waals surface area contributed by atoms with Gasteiger partial charge in [0.05, 0.1) is 18.6 Å². The Balaban J connectivity index is 1.87. The number of ether oxygens (including phenoxy) is 1. The summed E-state index contributed by atoms with van der Waals surface area (Å²) in [5, 5.41) is 3.25. The lowest BCUT2D eigenvalue weighted by Crippen LogP contribution is -2.08. The molecule has 1 aromatic carbocycles. The molecule has 4 heteroatoms. The number of aromatic nitrogens is 1. The molecule has 1 heterocycles. The maximum Gasteiger partial charge on any atom is 0.299 e. The molecule has 0 radical (unpaired) electrons. The quantitative estimate of drug-likeness (QED) is 0.919. The number of allylic oxidation sites excluding steroid dienone is 2. The summed E-state index contributed by atoms with van der Waals surface area (Å²) in [5.41, 5.74) is 3.62. The van der Waals surface area contributed by atoms with Crippen LogP contribution in [0.4, 0.5) is 11.7 Å². The van der Waals surface area contributed by atoms with E-state index < -0.39 is 0 Å². The Labute approximate surface area is 118 Å². The fourth-order valence-corrected chi connectivity index (χ4v) is 2.45. The largest absolute Gasteiger partial charge is 0.498 e. The summed E-state index contributed by atoms with van der Waals surface area (Å²) in [5.74, 6) is 1.84. The van der Waals surface area contributed by atoms with Gasteiger partial charge in [-0.15, -0.1) is 0 Å². The summed E-state index contributed by atoms with van der Waals surface area (Å²) < 4.78 is 11.1. The van der Waals surface area contributed by atoms with Crippen LogP contribution in [0.15, 0.2) is 40.6 Å². The van der Waals surface area contributed by atoms with Crippen LogP contribution in [0.25, 0.3) is 0 Å². The third-order valence-corrected chi connectivity index (χ3v) is 3.37. The fourth-order valence-electron chi connectivity index (χ4n) is 2.45. The fraction of sp³-hybridized carbons (Fsp3) is 0.312. The van der Waals surface area contributed by atoms with Gasteiger partial charge < -0.3 is 14.5 Å². The lowest BCUT2D eigenvalue weighted by atomic mass is 9.94. The molecule has 4 nitrogen and oxygen atoms in total. The first-order chi connectivity index (χ1) is 9.76. The van der Waals surface area contributed by atoms with Crippen molar-refractivity contribution in [2.45, 2.75) is 26.7 Å². The molecule has 1 aliphatic rings. The van der Waals surface area contributed by atoms with Crippen molar-refractivity contribution in [2.24, 2.45) is 0 Å². The standard InChI is InChI=1S/C16H18N2O2/c1-3-19-13-8-7-12-5-4-6-15(14(12)9-13)18-16-17-10-11(2)20-16/h4-6,8,10H,3,7,9H2,1-2H3,(H,17,18). The van der Waals surface area contributed by atoms with Crippen LogP contribution in [0, 0.1) is 6.92 Å². The number of nitrogens with one attached hydrogen (secondary N) is 1. The summed E-state index contributed by atoms with van der Waals surface area (Å²) in [4.78, 5) is 4.19. The second-order valence-corrected chi connectivity index (χ2v) is 4.83. The number of rotatable bonds is 4. The number of benzene rings is 1. The highest BCUT2D eigenvalue weighted by atomic mass is 16.5. The average molecular weight is 270 g/mol. The minimum Gasteiger partial charge on any atom is -0.498 e. The highest BCUT2D eigenvalue weighted by molar-refractivity contribution is 5.62. The summed E-state index contributed by atoms with van der Waals surface area (Å²) in [6.45, 7) is 4.60. The van der Waals surface area contributed by atoms with Crippen LogP contribution in [0.5, 0.6) is 0 Å². The maximum atomic E-state index is 5.64. The highest BCUT2D eigenvalue weighted by Crippen LogP contribution is 2.30. The minimum atomic E-state index is 0.531. The van der Waals surface area contributed by atoms with Crippen molar-refractivity contribution in [3.63, 3.8) is 0 Å². The molecule has 1 aromatic heterocycles. The minimum absolute atomic E-state index is 0.531. The first-order valence-corrected chi connectivity index (χ1v) is 6.88. The van der Waals surface area contributed by atoms with Gasteiger partial charge >= 0.3 is 0 Å². The Hall–Kier alpha value is -2.23. The SMILES string of the molecule is CCOC1=CCc2cccc(Nc3ncc(C)o3)c2C1. The van der Waals surface area contributed by atoms with Crippen LogP contribution in [-0.2, 0) is 17.6 Å². The Morgan fingerprint density at radius 2 is 2.30 bits per heavy atom. The van der Waals surface area contributed by atoms with Crippen molar-refractivity contribution < 1.29 is 9.15 Å². The first-order valence-electron chi connectivity index (χ1n) is 6.88. The van der Waals surface area contributed by atoms with Gasteiger partial charge in [0, 0.05) is 12.1 Å². The number of fused-ring (bicyclic) bond motifs is 1. The van der Waals surface area contributed by atoms with E-state index in [9.17, 15) is 0 Å². The molecule has 2 aromatic rings. The number of hydrogen-bond acceptors (Lipinski definition) is 4. The van der Waals surface area contributed by atoms with Gasteiger partial charge in [0.25, 0.3) is 6.01 Å². The average Bonchev–Trinajstić information content (AvgIpc) is 2.85. The molecule has 0 saturated carbocycles. The van der Waals surface area contributed by atoms with Gasteiger partial charge in [-0.1, -0.05) is 12.1 Å². The zero-order valence-corrected chi connectivity index (χ0v) is 11.8. The lowest BCUT2D eigenvalue weighted by molar-refractivity contribution is 0.220. The van der Waals surface area contributed by atoms with Gasteiger partial charge in [-0.3, -0.25) is 0 Å². The van der Waals surface area contributed by atoms with E-state index in [4.69, 9.17) is 9.15 Å². The van der Waals surface area contributed by atoms with Gasteiger partial charge in [-0.2, -0.15) is 0 Å². The first kappa shape index (κ1) is 12.8. The molecule has 3 rings (SSSR count). The van der Waals surface area contributed by atoms with E-state index in [1.165, 1.54) is 11.1 Å². The smallest absolute Gasteiger partial charge is 0.299 e. The van der Waals surface area contributed by atoms with E-state index in [2.05, 4.69) is 28.5 Å². The van der Waals surface area contributed by atoms with E-state index in [0.717, 1.165) is 30.0 Å². The monoisotopic (exact) mass is 270 g/mol. The second-order valence-electron chi connectivity index (χ2n) is 4.83. The molecule has 0 aliphatic heterocycles. The van der Waals surface area contributed by atoms with E-state index in [0.29, 0.717) is 12.6 Å². The van der Waals surface area contributed by atoms with Crippen LogP contribution in [0.3, 0.4) is 0 Å². The molecule has 0 spiro atoms. The predicted octanol–water partition coefficient (Wildman–Crippen LogP) is 3.75. The van der Waals surface area contributed by atoms with E-state index in [1.54, 1.807) is 6.20 Å². The van der Waals surface area contributed by atoms with Gasteiger partial charge in [0.2, 0.25) is 0 Å². The van der Waals surface area contributed by atoms with Gasteiger partial charge in [-0.05, 0) is 43.5 Å². The number of nitrogens with zero attached hydrogens (tertiary/aromatic N) is 1. The maximum absolute atomic E-state index is 5.64. The Morgan fingerprint density at radius 3 is 3.05 bits per heavy atom. The van der Waals surface area contributed by atoms with E-state index in [-0.39, 0.29) is 0 Å². The van der Waals surface area contributed by atoms with Crippen LogP contribution >= 0.6 is 0 Å². The zero-order chi connectivity index (χ0) is 13.9. The topological polar surface area (TPSA) is 47.3 Å². The summed E-state index contributed by atoms with van der Waals surface area (Å²) in [6.07, 6.45) is 5.59. The van der Waals surface area contributed by atoms with Crippen molar-refractivity contribution in [1.82, 2.24) is 4.98 Å². The molecule has 1 N–H and O–H groups in total. The van der Waals surface area contributed by atoms with Gasteiger partial charge in [0.1, 0.15) is 5.76 Å². The van der Waals surface area contributed by atoms with Crippen LogP contribution in [-0.4, -0.2) is 11.6 Å². The molecule has 104 valence electrons. The van der Waals surface area contributed by atoms with Crippen molar-refractivity contribution in [3.05, 3.63) is 53.1 Å². The van der Waals surface area contributed by atoms with Crippen molar-refractivity contribution in [2.75, 3.05) is 11.9 Å². The summed E-state index contributed by atoms with van der Waals surface area (Å²) in [6, 6.07) is 6.79. The number of anilines is 2. The molecule has 20 heavy (non-hydrogen) atoms. The van der Waals surface area contributed by atoms with Crippen LogP contribution < -0.4 is 5.32 Å². The highest BCUT2D eigenvalue weighted by Gasteiger charge is 2.16. The second kappa shape index (κ2) is 5.41. The molecule has 0 unspecified atom stereocenters. The number of hydrogen-bond donors (Lipinski definition) is 1. The van der Waals surface area contributed by atoms with Gasteiger partial charge in [-0.25, -0.2) is 4.98 Å². The zero-order valence-electron chi connectivity index (χ0n) is 11.8. The third-order valence-electron chi connectivity index (χ3n) is 3.37. The Kier molecular flexibility index (Phi) is 3.46. The van der Waals surface area contributed by atoms with E-state index >= 15 is 0 Å². The number of aryl methyl sites for hydroxylation is 1. The normalized spacial score (nSPS) is 13.6. The molecule has 0 amide bonds. The molecular formula is C16H18N2O2. The van der Waals surface area contributed by atoms with Crippen molar-refractivity contribution in [1.29, 1.82) is 0 Å².